The van der Waals surface area contributed by atoms with Gasteiger partial charge in [-0.1, -0.05) is 32.9 Å². The fourth-order valence-electron chi connectivity index (χ4n) is 2.89. The molecule has 0 bridgehead atoms. The number of nitro groups is 1. The zero-order chi connectivity index (χ0) is 19.8. The summed E-state index contributed by atoms with van der Waals surface area (Å²) in [7, 11) is 0. The maximum absolute atomic E-state index is 12.3. The highest BCUT2D eigenvalue weighted by molar-refractivity contribution is 5.90. The number of nitro benzene ring substituents is 1. The summed E-state index contributed by atoms with van der Waals surface area (Å²) < 4.78 is 7.16. The molecule has 2 aromatic heterocycles. The van der Waals surface area contributed by atoms with Crippen molar-refractivity contribution in [2.24, 2.45) is 0 Å². The summed E-state index contributed by atoms with van der Waals surface area (Å²) >= 11 is 0. The number of imidazole rings is 1. The number of carbonyl (C=O) groups is 1. The van der Waals surface area contributed by atoms with Gasteiger partial charge in [-0.3, -0.25) is 10.1 Å². The van der Waals surface area contributed by atoms with Crippen molar-refractivity contribution in [3.8, 4) is 0 Å². The summed E-state index contributed by atoms with van der Waals surface area (Å²) in [4.78, 5) is 27.7. The number of fused-ring (bicyclic) bond motifs is 1. The van der Waals surface area contributed by atoms with Gasteiger partial charge >= 0.3 is 5.97 Å². The Kier molecular flexibility index (Phi) is 4.70. The molecule has 7 heteroatoms. The molecule has 0 atom stereocenters. The van der Waals surface area contributed by atoms with Gasteiger partial charge in [0, 0.05) is 24.0 Å². The van der Waals surface area contributed by atoms with Gasteiger partial charge in [0.05, 0.1) is 16.2 Å². The minimum Gasteiger partial charge on any atom is -0.456 e. The summed E-state index contributed by atoms with van der Waals surface area (Å²) in [5.41, 5.74) is 2.69. The Hall–Kier alpha value is -3.22. The molecule has 0 aliphatic heterocycles. The number of nitrogens with zero attached hydrogens (tertiary/aromatic N) is 3. The lowest BCUT2D eigenvalue weighted by atomic mass is 9.85. The van der Waals surface area contributed by atoms with E-state index in [-0.39, 0.29) is 17.9 Å². The van der Waals surface area contributed by atoms with Crippen molar-refractivity contribution in [2.75, 3.05) is 0 Å². The molecule has 0 fully saturated rings. The second-order valence-electron chi connectivity index (χ2n) is 7.52. The first-order valence-electron chi connectivity index (χ1n) is 8.55. The SMILES string of the molecule is Cc1ccc2nc(COC(=O)c3ccc(C(C)(C)C)c([N+](=O)[O-])c3)cn2c1. The van der Waals surface area contributed by atoms with E-state index in [0.717, 1.165) is 11.2 Å². The predicted molar refractivity (Wildman–Crippen MR) is 101 cm³/mol. The van der Waals surface area contributed by atoms with Crippen molar-refractivity contribution in [1.29, 1.82) is 0 Å². The Morgan fingerprint density at radius 3 is 2.63 bits per heavy atom. The Bertz CT molecular complexity index is 1030. The second-order valence-corrected chi connectivity index (χ2v) is 7.52. The number of pyridine rings is 1. The molecular weight excluding hydrogens is 346 g/mol. The van der Waals surface area contributed by atoms with Crippen LogP contribution in [-0.4, -0.2) is 20.3 Å². The topological polar surface area (TPSA) is 86.7 Å². The van der Waals surface area contributed by atoms with E-state index >= 15 is 0 Å². The van der Waals surface area contributed by atoms with Gasteiger partial charge in [0.15, 0.2) is 0 Å². The van der Waals surface area contributed by atoms with Crippen LogP contribution < -0.4 is 0 Å². The fourth-order valence-corrected chi connectivity index (χ4v) is 2.89. The van der Waals surface area contributed by atoms with Crippen LogP contribution in [0, 0.1) is 17.0 Å². The highest BCUT2D eigenvalue weighted by atomic mass is 16.6. The van der Waals surface area contributed by atoms with Gasteiger partial charge in [-0.05, 0) is 30.0 Å². The number of aryl methyl sites for hydroxylation is 1. The van der Waals surface area contributed by atoms with Gasteiger partial charge in [0.1, 0.15) is 12.3 Å². The molecule has 0 N–H and O–H groups in total. The van der Waals surface area contributed by atoms with Gasteiger partial charge < -0.3 is 9.14 Å². The third kappa shape index (κ3) is 3.97. The molecule has 0 radical (unpaired) electrons. The van der Waals surface area contributed by atoms with Gasteiger partial charge in [0.25, 0.3) is 5.69 Å². The minimum atomic E-state index is -0.619. The Morgan fingerprint density at radius 1 is 1.22 bits per heavy atom. The molecular formula is C20H21N3O4. The van der Waals surface area contributed by atoms with Gasteiger partial charge in [-0.25, -0.2) is 9.78 Å². The van der Waals surface area contributed by atoms with E-state index < -0.39 is 16.3 Å². The number of carbonyl (C=O) groups excluding carboxylic acids is 1. The maximum Gasteiger partial charge on any atom is 0.338 e. The molecule has 3 aromatic rings. The van der Waals surface area contributed by atoms with Crippen LogP contribution in [0.15, 0.2) is 42.7 Å². The molecule has 2 heterocycles. The van der Waals surface area contributed by atoms with Gasteiger partial charge in [-0.15, -0.1) is 0 Å². The number of aromatic nitrogens is 2. The molecule has 27 heavy (non-hydrogen) atoms. The summed E-state index contributed by atoms with van der Waals surface area (Å²) in [6, 6.07) is 8.28. The second kappa shape index (κ2) is 6.83. The van der Waals surface area contributed by atoms with Crippen molar-refractivity contribution in [2.45, 2.75) is 39.7 Å². The molecule has 0 saturated heterocycles. The van der Waals surface area contributed by atoms with Crippen molar-refractivity contribution in [3.05, 3.63) is 75.2 Å². The van der Waals surface area contributed by atoms with E-state index in [4.69, 9.17) is 4.74 Å². The van der Waals surface area contributed by atoms with Gasteiger partial charge in [0.2, 0.25) is 0 Å². The lowest BCUT2D eigenvalue weighted by Crippen LogP contribution is -2.15. The van der Waals surface area contributed by atoms with Crippen molar-refractivity contribution in [3.63, 3.8) is 0 Å². The van der Waals surface area contributed by atoms with Crippen LogP contribution in [0.3, 0.4) is 0 Å². The molecule has 0 unspecified atom stereocenters. The molecule has 0 aliphatic carbocycles. The average Bonchev–Trinajstić information content (AvgIpc) is 3.00. The minimum absolute atomic E-state index is 0.00557. The van der Waals surface area contributed by atoms with Crippen LogP contribution in [0.5, 0.6) is 0 Å². The number of ether oxygens (including phenoxy) is 1. The van der Waals surface area contributed by atoms with Crippen LogP contribution in [0.2, 0.25) is 0 Å². The Balaban J connectivity index is 1.79. The van der Waals surface area contributed by atoms with Crippen molar-refractivity contribution < 1.29 is 14.5 Å². The summed E-state index contributed by atoms with van der Waals surface area (Å²) in [5.74, 6) is -0.619. The summed E-state index contributed by atoms with van der Waals surface area (Å²) in [5, 5.41) is 11.4. The Labute approximate surface area is 156 Å². The molecule has 0 saturated carbocycles. The average molecular weight is 367 g/mol. The molecule has 0 aliphatic rings. The van der Waals surface area contributed by atoms with Crippen molar-refractivity contribution in [1.82, 2.24) is 9.38 Å². The summed E-state index contributed by atoms with van der Waals surface area (Å²) in [6.45, 7) is 7.64. The van der Waals surface area contributed by atoms with Crippen LogP contribution in [0.4, 0.5) is 5.69 Å². The van der Waals surface area contributed by atoms with Crippen LogP contribution in [0.1, 0.15) is 48.0 Å². The maximum atomic E-state index is 12.3. The first-order chi connectivity index (χ1) is 12.6. The van der Waals surface area contributed by atoms with E-state index in [0.29, 0.717) is 11.3 Å². The zero-order valence-electron chi connectivity index (χ0n) is 15.7. The van der Waals surface area contributed by atoms with E-state index in [1.165, 1.54) is 6.07 Å². The molecule has 140 valence electrons. The van der Waals surface area contributed by atoms with Crippen LogP contribution in [-0.2, 0) is 16.8 Å². The van der Waals surface area contributed by atoms with E-state index in [1.54, 1.807) is 18.3 Å². The Morgan fingerprint density at radius 2 is 1.96 bits per heavy atom. The normalized spacial score (nSPS) is 11.6. The lowest BCUT2D eigenvalue weighted by molar-refractivity contribution is -0.386. The molecule has 0 spiro atoms. The van der Waals surface area contributed by atoms with Gasteiger partial charge in [-0.2, -0.15) is 0 Å². The highest BCUT2D eigenvalue weighted by Crippen LogP contribution is 2.32. The first-order valence-corrected chi connectivity index (χ1v) is 8.55. The van der Waals surface area contributed by atoms with E-state index in [9.17, 15) is 14.9 Å². The quantitative estimate of drug-likeness (QED) is 0.392. The molecule has 0 amide bonds. The van der Waals surface area contributed by atoms with Crippen LogP contribution >= 0.6 is 0 Å². The van der Waals surface area contributed by atoms with Crippen molar-refractivity contribution >= 4 is 17.3 Å². The number of esters is 1. The number of hydrogen-bond donors (Lipinski definition) is 0. The number of benzene rings is 1. The summed E-state index contributed by atoms with van der Waals surface area (Å²) in [6.07, 6.45) is 3.73. The van der Waals surface area contributed by atoms with E-state index in [2.05, 4.69) is 4.98 Å². The predicted octanol–water partition coefficient (Wildman–Crippen LogP) is 4.21. The third-order valence-electron chi connectivity index (χ3n) is 4.24. The zero-order valence-corrected chi connectivity index (χ0v) is 15.7. The standard InChI is InChI=1S/C20H21N3O4/c1-13-5-8-18-21-15(11-22(18)10-13)12-27-19(24)14-6-7-16(20(2,3)4)17(9-14)23(25)26/h5-11H,12H2,1-4H3. The third-order valence-corrected chi connectivity index (χ3v) is 4.24. The highest BCUT2D eigenvalue weighted by Gasteiger charge is 2.26. The van der Waals surface area contributed by atoms with E-state index in [1.807, 2.05) is 50.4 Å². The first kappa shape index (κ1) is 18.6. The number of rotatable bonds is 4. The number of hydrogen-bond acceptors (Lipinski definition) is 5. The smallest absolute Gasteiger partial charge is 0.338 e. The largest absolute Gasteiger partial charge is 0.456 e. The lowest BCUT2D eigenvalue weighted by Gasteiger charge is -2.19. The molecule has 3 rings (SSSR count). The molecule has 7 nitrogen and oxygen atoms in total. The fraction of sp³-hybridized carbons (Fsp3) is 0.300. The monoisotopic (exact) mass is 367 g/mol. The van der Waals surface area contributed by atoms with Crippen LogP contribution in [0.25, 0.3) is 5.65 Å². The molecule has 1 aromatic carbocycles.